The largest absolute Gasteiger partial charge is 0.493 e. The van der Waals surface area contributed by atoms with Crippen LogP contribution in [-0.2, 0) is 32.6 Å². The number of hydrogen-bond acceptors (Lipinski definition) is 6. The van der Waals surface area contributed by atoms with Gasteiger partial charge in [-0.1, -0.05) is 36.4 Å². The van der Waals surface area contributed by atoms with Crippen molar-refractivity contribution in [3.05, 3.63) is 59.7 Å². The third-order valence-electron chi connectivity index (χ3n) is 5.45. The van der Waals surface area contributed by atoms with Gasteiger partial charge in [-0.15, -0.1) is 0 Å². The number of nitrogens with one attached hydrogen (secondary N) is 1. The van der Waals surface area contributed by atoms with E-state index in [-0.39, 0.29) is 19.0 Å². The van der Waals surface area contributed by atoms with Gasteiger partial charge in [0, 0.05) is 20.1 Å². The zero-order valence-corrected chi connectivity index (χ0v) is 21.1. The fourth-order valence-corrected chi connectivity index (χ4v) is 3.62. The van der Waals surface area contributed by atoms with Gasteiger partial charge in [0.2, 0.25) is 21.8 Å². The highest BCUT2D eigenvalue weighted by atomic mass is 32.2. The SMILES string of the molecule is COc1ccc(CCNC(=O)[C@@H](C)N(Cc2ccccc2)C(=O)CN(C)S(C)(=O)=O)cc1OC. The lowest BCUT2D eigenvalue weighted by Gasteiger charge is -2.30. The number of carbonyl (C=O) groups is 2. The molecule has 0 unspecified atom stereocenters. The highest BCUT2D eigenvalue weighted by Crippen LogP contribution is 2.27. The van der Waals surface area contributed by atoms with E-state index in [0.29, 0.717) is 24.5 Å². The first-order chi connectivity index (χ1) is 16.1. The fraction of sp³-hybridized carbons (Fsp3) is 0.417. The van der Waals surface area contributed by atoms with Crippen LogP contribution in [0.1, 0.15) is 18.1 Å². The highest BCUT2D eigenvalue weighted by Gasteiger charge is 2.28. The first-order valence-electron chi connectivity index (χ1n) is 10.8. The number of sulfonamides is 1. The maximum atomic E-state index is 13.0. The van der Waals surface area contributed by atoms with Gasteiger partial charge in [-0.2, -0.15) is 4.31 Å². The summed E-state index contributed by atoms with van der Waals surface area (Å²) in [6, 6.07) is 14.0. The van der Waals surface area contributed by atoms with Crippen molar-refractivity contribution in [3.8, 4) is 11.5 Å². The molecule has 0 bridgehead atoms. The van der Waals surface area contributed by atoms with Gasteiger partial charge in [-0.3, -0.25) is 9.59 Å². The maximum absolute atomic E-state index is 13.0. The molecule has 34 heavy (non-hydrogen) atoms. The molecule has 2 aromatic rings. The number of amides is 2. The number of methoxy groups -OCH3 is 2. The third kappa shape index (κ3) is 7.74. The van der Waals surface area contributed by atoms with Crippen LogP contribution in [0.4, 0.5) is 0 Å². The Hall–Kier alpha value is -3.11. The predicted octanol–water partition coefficient (Wildman–Crippen LogP) is 1.67. The van der Waals surface area contributed by atoms with Crippen LogP contribution in [-0.4, -0.2) is 76.1 Å². The molecule has 2 aromatic carbocycles. The minimum Gasteiger partial charge on any atom is -0.493 e. The molecule has 9 nitrogen and oxygen atoms in total. The van der Waals surface area contributed by atoms with Gasteiger partial charge in [0.25, 0.3) is 0 Å². The normalized spacial score (nSPS) is 12.2. The number of carbonyl (C=O) groups excluding carboxylic acids is 2. The number of likely N-dealkylation sites (N-methyl/N-ethyl adjacent to an activating group) is 1. The van der Waals surface area contributed by atoms with E-state index in [4.69, 9.17) is 9.47 Å². The molecule has 0 radical (unpaired) electrons. The monoisotopic (exact) mass is 491 g/mol. The van der Waals surface area contributed by atoms with Crippen LogP contribution < -0.4 is 14.8 Å². The topological polar surface area (TPSA) is 105 Å². The predicted molar refractivity (Wildman–Crippen MR) is 130 cm³/mol. The van der Waals surface area contributed by atoms with Crippen LogP contribution in [0, 0.1) is 0 Å². The van der Waals surface area contributed by atoms with Crippen molar-refractivity contribution in [2.45, 2.75) is 25.9 Å². The van der Waals surface area contributed by atoms with Crippen molar-refractivity contribution in [1.82, 2.24) is 14.5 Å². The number of rotatable bonds is 12. The van der Waals surface area contributed by atoms with Crippen molar-refractivity contribution in [2.75, 3.05) is 40.6 Å². The molecule has 0 aromatic heterocycles. The Labute approximate surface area is 201 Å². The molecular formula is C24H33N3O6S. The van der Waals surface area contributed by atoms with Crippen LogP contribution in [0.15, 0.2) is 48.5 Å². The van der Waals surface area contributed by atoms with Gasteiger partial charge < -0.3 is 19.7 Å². The Kier molecular flexibility index (Phi) is 9.88. The van der Waals surface area contributed by atoms with Crippen LogP contribution >= 0.6 is 0 Å². The lowest BCUT2D eigenvalue weighted by molar-refractivity contribution is -0.140. The Morgan fingerprint density at radius 3 is 2.24 bits per heavy atom. The highest BCUT2D eigenvalue weighted by molar-refractivity contribution is 7.88. The van der Waals surface area contributed by atoms with E-state index < -0.39 is 22.0 Å². The van der Waals surface area contributed by atoms with Crippen LogP contribution in [0.3, 0.4) is 0 Å². The first-order valence-corrected chi connectivity index (χ1v) is 12.6. The third-order valence-corrected chi connectivity index (χ3v) is 6.71. The van der Waals surface area contributed by atoms with E-state index in [1.54, 1.807) is 27.2 Å². The standard InChI is InChI=1S/C24H33N3O6S/c1-18(24(29)25-14-13-19-11-12-21(32-3)22(15-19)33-4)27(16-20-9-7-6-8-10-20)23(28)17-26(2)34(5,30)31/h6-12,15,18H,13-14,16-17H2,1-5H3,(H,25,29)/t18-/m1/s1. The molecule has 0 spiro atoms. The van der Waals surface area contributed by atoms with Gasteiger partial charge in [0.05, 0.1) is 27.0 Å². The second kappa shape index (κ2) is 12.4. The zero-order chi connectivity index (χ0) is 25.3. The molecule has 0 saturated heterocycles. The van der Waals surface area contributed by atoms with E-state index in [2.05, 4.69) is 5.32 Å². The minimum atomic E-state index is -3.54. The van der Waals surface area contributed by atoms with Crippen molar-refractivity contribution < 1.29 is 27.5 Å². The number of ether oxygens (including phenoxy) is 2. The quantitative estimate of drug-likeness (QED) is 0.484. The molecule has 0 aliphatic heterocycles. The van der Waals surface area contributed by atoms with Crippen molar-refractivity contribution in [3.63, 3.8) is 0 Å². The Bertz CT molecular complexity index is 1080. The van der Waals surface area contributed by atoms with Crippen LogP contribution in [0.25, 0.3) is 0 Å². The van der Waals surface area contributed by atoms with Crippen molar-refractivity contribution in [1.29, 1.82) is 0 Å². The molecule has 186 valence electrons. The number of nitrogens with zero attached hydrogens (tertiary/aromatic N) is 2. The molecule has 1 atom stereocenters. The summed E-state index contributed by atoms with van der Waals surface area (Å²) in [4.78, 5) is 27.3. The molecule has 0 aliphatic carbocycles. The van der Waals surface area contributed by atoms with Gasteiger partial charge >= 0.3 is 0 Å². The summed E-state index contributed by atoms with van der Waals surface area (Å²) in [5.74, 6) is 0.443. The Balaban J connectivity index is 2.07. The van der Waals surface area contributed by atoms with E-state index in [9.17, 15) is 18.0 Å². The summed E-state index contributed by atoms with van der Waals surface area (Å²) in [6.45, 7) is 1.82. The zero-order valence-electron chi connectivity index (χ0n) is 20.3. The summed E-state index contributed by atoms with van der Waals surface area (Å²) in [5, 5.41) is 2.86. The second-order valence-corrected chi connectivity index (χ2v) is 10.0. The molecule has 10 heteroatoms. The lowest BCUT2D eigenvalue weighted by atomic mass is 10.1. The van der Waals surface area contributed by atoms with Gasteiger partial charge in [0.1, 0.15) is 6.04 Å². The van der Waals surface area contributed by atoms with E-state index in [1.165, 1.54) is 11.9 Å². The van der Waals surface area contributed by atoms with E-state index in [1.807, 2.05) is 42.5 Å². The number of benzene rings is 2. The van der Waals surface area contributed by atoms with Gasteiger partial charge in [-0.05, 0) is 36.6 Å². The molecule has 1 N–H and O–H groups in total. The van der Waals surface area contributed by atoms with Crippen LogP contribution in [0.2, 0.25) is 0 Å². The Morgan fingerprint density at radius 2 is 1.65 bits per heavy atom. The molecule has 0 heterocycles. The molecule has 0 saturated carbocycles. The fourth-order valence-electron chi connectivity index (χ4n) is 3.28. The summed E-state index contributed by atoms with van der Waals surface area (Å²) in [7, 11) is 0.920. The minimum absolute atomic E-state index is 0.182. The number of hydrogen-bond donors (Lipinski definition) is 1. The molecular weight excluding hydrogens is 458 g/mol. The summed E-state index contributed by atoms with van der Waals surface area (Å²) < 4.78 is 35.1. The van der Waals surface area contributed by atoms with Crippen molar-refractivity contribution >= 4 is 21.8 Å². The Morgan fingerprint density at radius 1 is 1.00 bits per heavy atom. The van der Waals surface area contributed by atoms with Gasteiger partial charge in [0.15, 0.2) is 11.5 Å². The first kappa shape index (κ1) is 27.1. The summed E-state index contributed by atoms with van der Waals surface area (Å²) in [5.41, 5.74) is 1.79. The lowest BCUT2D eigenvalue weighted by Crippen LogP contribution is -2.50. The molecule has 0 aliphatic rings. The average molecular weight is 492 g/mol. The van der Waals surface area contributed by atoms with Crippen LogP contribution in [0.5, 0.6) is 11.5 Å². The average Bonchev–Trinajstić information content (AvgIpc) is 2.81. The summed E-state index contributed by atoms with van der Waals surface area (Å²) >= 11 is 0. The maximum Gasteiger partial charge on any atom is 0.242 e. The molecule has 0 fully saturated rings. The van der Waals surface area contributed by atoms with E-state index in [0.717, 1.165) is 21.7 Å². The molecule has 2 rings (SSSR count). The van der Waals surface area contributed by atoms with Crippen molar-refractivity contribution in [2.24, 2.45) is 0 Å². The van der Waals surface area contributed by atoms with Gasteiger partial charge in [-0.25, -0.2) is 8.42 Å². The molecule has 2 amide bonds. The summed E-state index contributed by atoms with van der Waals surface area (Å²) in [6.07, 6.45) is 1.59. The second-order valence-electron chi connectivity index (χ2n) is 7.93. The smallest absolute Gasteiger partial charge is 0.242 e. The van der Waals surface area contributed by atoms with E-state index >= 15 is 0 Å².